The molecule has 0 aliphatic carbocycles. The van der Waals surface area contributed by atoms with Gasteiger partial charge in [0.15, 0.2) is 0 Å². The molecule has 0 bridgehead atoms. The molecule has 0 aromatic carbocycles. The number of rotatable bonds is 5. The lowest BCUT2D eigenvalue weighted by molar-refractivity contribution is -0.264. The van der Waals surface area contributed by atoms with Crippen LogP contribution in [0, 0.1) is 5.92 Å². The van der Waals surface area contributed by atoms with Gasteiger partial charge in [-0.25, -0.2) is 9.68 Å². The number of esters is 1. The predicted molar refractivity (Wildman–Crippen MR) is 48.1 cm³/mol. The third-order valence-electron chi connectivity index (χ3n) is 1.46. The van der Waals surface area contributed by atoms with Gasteiger partial charge in [-0.3, -0.25) is 5.26 Å². The number of hydrogen-bond donors (Lipinski definition) is 1. The SMILES string of the molecule is C=C(C(=O)OCC(C)C)[C@H](C)OO. The van der Waals surface area contributed by atoms with Gasteiger partial charge in [-0.05, 0) is 12.8 Å². The summed E-state index contributed by atoms with van der Waals surface area (Å²) < 4.78 is 4.86. The average molecular weight is 188 g/mol. The zero-order chi connectivity index (χ0) is 10.4. The first kappa shape index (κ1) is 12.1. The molecule has 0 fully saturated rings. The molecule has 0 saturated heterocycles. The van der Waals surface area contributed by atoms with Crippen LogP contribution in [-0.2, 0) is 14.4 Å². The van der Waals surface area contributed by atoms with Crippen LogP contribution in [-0.4, -0.2) is 23.9 Å². The van der Waals surface area contributed by atoms with Crippen LogP contribution in [0.25, 0.3) is 0 Å². The van der Waals surface area contributed by atoms with Crippen molar-refractivity contribution in [1.29, 1.82) is 0 Å². The van der Waals surface area contributed by atoms with Gasteiger partial charge in [0.2, 0.25) is 0 Å². The molecule has 0 rings (SSSR count). The molecule has 0 heterocycles. The maximum absolute atomic E-state index is 11.1. The summed E-state index contributed by atoms with van der Waals surface area (Å²) in [6, 6.07) is 0. The summed E-state index contributed by atoms with van der Waals surface area (Å²) >= 11 is 0. The quantitative estimate of drug-likeness (QED) is 0.308. The van der Waals surface area contributed by atoms with Crippen molar-refractivity contribution in [2.24, 2.45) is 5.92 Å². The molecular weight excluding hydrogens is 172 g/mol. The summed E-state index contributed by atoms with van der Waals surface area (Å²) in [6.45, 7) is 9.17. The van der Waals surface area contributed by atoms with Crippen LogP contribution < -0.4 is 0 Å². The third-order valence-corrected chi connectivity index (χ3v) is 1.46. The van der Waals surface area contributed by atoms with Crippen molar-refractivity contribution in [3.05, 3.63) is 12.2 Å². The Hall–Kier alpha value is -0.870. The molecular formula is C9H16O4. The second-order valence-electron chi connectivity index (χ2n) is 3.27. The molecule has 0 aliphatic heterocycles. The van der Waals surface area contributed by atoms with Crippen molar-refractivity contribution in [2.75, 3.05) is 6.61 Å². The van der Waals surface area contributed by atoms with E-state index in [0.717, 1.165) is 0 Å². The normalized spacial score (nSPS) is 12.7. The zero-order valence-corrected chi connectivity index (χ0v) is 8.24. The molecule has 0 aromatic rings. The van der Waals surface area contributed by atoms with E-state index < -0.39 is 12.1 Å². The average Bonchev–Trinajstić information content (AvgIpc) is 2.11. The van der Waals surface area contributed by atoms with Crippen LogP contribution in [0.5, 0.6) is 0 Å². The van der Waals surface area contributed by atoms with Gasteiger partial charge in [-0.1, -0.05) is 20.4 Å². The smallest absolute Gasteiger partial charge is 0.336 e. The molecule has 0 aliphatic rings. The standard InChI is InChI=1S/C9H16O4/c1-6(2)5-12-9(10)7(3)8(4)13-11/h6,8,11H,3,5H2,1-2,4H3/t8-/m0/s1. The van der Waals surface area contributed by atoms with E-state index >= 15 is 0 Å². The third kappa shape index (κ3) is 4.65. The van der Waals surface area contributed by atoms with Gasteiger partial charge in [0, 0.05) is 0 Å². The highest BCUT2D eigenvalue weighted by Crippen LogP contribution is 2.05. The lowest BCUT2D eigenvalue weighted by Crippen LogP contribution is -2.20. The molecule has 0 radical (unpaired) electrons. The Morgan fingerprint density at radius 2 is 2.00 bits per heavy atom. The van der Waals surface area contributed by atoms with Crippen LogP contribution >= 0.6 is 0 Å². The van der Waals surface area contributed by atoms with Gasteiger partial charge in [0.05, 0.1) is 12.2 Å². The fraction of sp³-hybridized carbons (Fsp3) is 0.667. The number of ether oxygens (including phenoxy) is 1. The summed E-state index contributed by atoms with van der Waals surface area (Å²) in [5, 5.41) is 8.26. The van der Waals surface area contributed by atoms with Gasteiger partial charge in [0.1, 0.15) is 6.10 Å². The summed E-state index contributed by atoms with van der Waals surface area (Å²) in [4.78, 5) is 15.1. The van der Waals surface area contributed by atoms with E-state index in [-0.39, 0.29) is 11.5 Å². The van der Waals surface area contributed by atoms with Gasteiger partial charge >= 0.3 is 5.97 Å². The summed E-state index contributed by atoms with van der Waals surface area (Å²) in [7, 11) is 0. The van der Waals surface area contributed by atoms with Crippen LogP contribution in [0.4, 0.5) is 0 Å². The van der Waals surface area contributed by atoms with Gasteiger partial charge in [-0.2, -0.15) is 0 Å². The first-order chi connectivity index (χ1) is 5.99. The fourth-order valence-electron chi connectivity index (χ4n) is 0.565. The molecule has 76 valence electrons. The first-order valence-electron chi connectivity index (χ1n) is 4.15. The highest BCUT2D eigenvalue weighted by Gasteiger charge is 2.16. The Labute approximate surface area is 78.1 Å². The highest BCUT2D eigenvalue weighted by molar-refractivity contribution is 5.88. The molecule has 0 aromatic heterocycles. The van der Waals surface area contributed by atoms with Gasteiger partial charge in [-0.15, -0.1) is 0 Å². The maximum atomic E-state index is 11.1. The minimum absolute atomic E-state index is 0.114. The van der Waals surface area contributed by atoms with Crippen LogP contribution in [0.3, 0.4) is 0 Å². The van der Waals surface area contributed by atoms with Crippen LogP contribution in [0.15, 0.2) is 12.2 Å². The monoisotopic (exact) mass is 188 g/mol. The second-order valence-corrected chi connectivity index (χ2v) is 3.27. The van der Waals surface area contributed by atoms with E-state index in [2.05, 4.69) is 11.5 Å². The topological polar surface area (TPSA) is 55.8 Å². The summed E-state index contributed by atoms with van der Waals surface area (Å²) in [5.74, 6) is -0.252. The molecule has 0 saturated carbocycles. The molecule has 1 atom stereocenters. The minimum atomic E-state index is -0.723. The van der Waals surface area contributed by atoms with E-state index in [9.17, 15) is 4.79 Å². The van der Waals surface area contributed by atoms with Crippen molar-refractivity contribution in [3.63, 3.8) is 0 Å². The second kappa shape index (κ2) is 5.72. The number of hydrogen-bond acceptors (Lipinski definition) is 4. The van der Waals surface area contributed by atoms with E-state index in [1.807, 2.05) is 13.8 Å². The van der Waals surface area contributed by atoms with Crippen LogP contribution in [0.2, 0.25) is 0 Å². The number of carbonyl (C=O) groups excluding carboxylic acids is 1. The Bertz CT molecular complexity index is 186. The number of carbonyl (C=O) groups is 1. The van der Waals surface area contributed by atoms with Crippen molar-refractivity contribution in [1.82, 2.24) is 0 Å². The first-order valence-corrected chi connectivity index (χ1v) is 4.15. The van der Waals surface area contributed by atoms with Crippen molar-refractivity contribution in [2.45, 2.75) is 26.9 Å². The Kier molecular flexibility index (Phi) is 5.34. The van der Waals surface area contributed by atoms with E-state index in [4.69, 9.17) is 9.99 Å². The lowest BCUT2D eigenvalue weighted by Gasteiger charge is -2.11. The van der Waals surface area contributed by atoms with Crippen molar-refractivity contribution >= 4 is 5.97 Å². The highest BCUT2D eigenvalue weighted by atomic mass is 17.1. The minimum Gasteiger partial charge on any atom is -0.462 e. The van der Waals surface area contributed by atoms with E-state index in [1.165, 1.54) is 6.92 Å². The zero-order valence-electron chi connectivity index (χ0n) is 8.24. The molecule has 4 heteroatoms. The Balaban J connectivity index is 3.90. The fourth-order valence-corrected chi connectivity index (χ4v) is 0.565. The Morgan fingerprint density at radius 3 is 2.38 bits per heavy atom. The van der Waals surface area contributed by atoms with Crippen molar-refractivity contribution in [3.8, 4) is 0 Å². The van der Waals surface area contributed by atoms with Gasteiger partial charge in [0.25, 0.3) is 0 Å². The molecule has 0 unspecified atom stereocenters. The predicted octanol–water partition coefficient (Wildman–Crippen LogP) is 1.62. The molecule has 13 heavy (non-hydrogen) atoms. The Morgan fingerprint density at radius 1 is 1.46 bits per heavy atom. The van der Waals surface area contributed by atoms with E-state index in [0.29, 0.717) is 6.61 Å². The van der Waals surface area contributed by atoms with Crippen molar-refractivity contribution < 1.29 is 19.7 Å². The molecule has 0 amide bonds. The lowest BCUT2D eigenvalue weighted by atomic mass is 10.2. The molecule has 1 N–H and O–H groups in total. The molecule has 4 nitrogen and oxygen atoms in total. The maximum Gasteiger partial charge on any atom is 0.336 e. The molecule has 0 spiro atoms. The van der Waals surface area contributed by atoms with Crippen LogP contribution in [0.1, 0.15) is 20.8 Å². The summed E-state index contributed by atoms with van der Waals surface area (Å²) in [6.07, 6.45) is -0.723. The largest absolute Gasteiger partial charge is 0.462 e. The summed E-state index contributed by atoms with van der Waals surface area (Å²) in [5.41, 5.74) is 0.114. The van der Waals surface area contributed by atoms with E-state index in [1.54, 1.807) is 0 Å². The van der Waals surface area contributed by atoms with Gasteiger partial charge < -0.3 is 4.74 Å².